The Hall–Kier alpha value is -1.22. The van der Waals surface area contributed by atoms with Crippen molar-refractivity contribution in [1.29, 1.82) is 0 Å². The number of nitrogen functional groups attached to an aromatic ring is 2. The number of nitrogens with two attached hydrogens (primary N) is 2. The quantitative estimate of drug-likeness (QED) is 0.743. The van der Waals surface area contributed by atoms with Gasteiger partial charge in [0, 0.05) is 18.0 Å². The Bertz CT molecular complexity index is 312. The van der Waals surface area contributed by atoms with Gasteiger partial charge in [-0.2, -0.15) is 0 Å². The van der Waals surface area contributed by atoms with E-state index in [1.165, 1.54) is 12.8 Å². The predicted molar refractivity (Wildman–Crippen MR) is 62.6 cm³/mol. The molecular formula is C12H18N2O. The first-order chi connectivity index (χ1) is 7.27. The van der Waals surface area contributed by atoms with Gasteiger partial charge in [-0.3, -0.25) is 0 Å². The van der Waals surface area contributed by atoms with Crippen molar-refractivity contribution in [2.45, 2.75) is 31.8 Å². The van der Waals surface area contributed by atoms with Crippen molar-refractivity contribution in [1.82, 2.24) is 0 Å². The lowest BCUT2D eigenvalue weighted by molar-refractivity contribution is 0.104. The van der Waals surface area contributed by atoms with Gasteiger partial charge in [0.1, 0.15) is 0 Å². The summed E-state index contributed by atoms with van der Waals surface area (Å²) < 4.78 is 5.57. The van der Waals surface area contributed by atoms with E-state index in [0.717, 1.165) is 36.4 Å². The summed E-state index contributed by atoms with van der Waals surface area (Å²) in [5.74, 6) is 0. The maximum atomic E-state index is 5.89. The van der Waals surface area contributed by atoms with Gasteiger partial charge in [-0.1, -0.05) is 6.07 Å². The molecule has 0 radical (unpaired) electrons. The Morgan fingerprint density at radius 2 is 2.00 bits per heavy atom. The zero-order valence-electron chi connectivity index (χ0n) is 8.91. The summed E-state index contributed by atoms with van der Waals surface area (Å²) in [7, 11) is 0. The normalized spacial score (nSPS) is 20.7. The first-order valence-corrected chi connectivity index (χ1v) is 5.52. The van der Waals surface area contributed by atoms with Crippen LogP contribution in [-0.2, 0) is 11.2 Å². The molecular weight excluding hydrogens is 188 g/mol. The highest BCUT2D eigenvalue weighted by Crippen LogP contribution is 2.24. The van der Waals surface area contributed by atoms with Crippen molar-refractivity contribution in [2.75, 3.05) is 18.1 Å². The van der Waals surface area contributed by atoms with E-state index in [-0.39, 0.29) is 0 Å². The molecule has 0 bridgehead atoms. The molecule has 1 aliphatic heterocycles. The van der Waals surface area contributed by atoms with Crippen molar-refractivity contribution >= 4 is 11.4 Å². The summed E-state index contributed by atoms with van der Waals surface area (Å²) in [6.45, 7) is 0.907. The molecule has 1 aromatic rings. The Morgan fingerprint density at radius 1 is 1.27 bits per heavy atom. The van der Waals surface area contributed by atoms with E-state index in [1.54, 1.807) is 0 Å². The molecule has 3 nitrogen and oxygen atoms in total. The van der Waals surface area contributed by atoms with Crippen LogP contribution in [-0.4, -0.2) is 12.7 Å². The van der Waals surface area contributed by atoms with Gasteiger partial charge in [0.2, 0.25) is 0 Å². The third-order valence-electron chi connectivity index (χ3n) is 2.99. The predicted octanol–water partition coefficient (Wildman–Crippen LogP) is 1.96. The average molecular weight is 206 g/mol. The van der Waals surface area contributed by atoms with Crippen LogP contribution in [0.15, 0.2) is 18.2 Å². The first kappa shape index (κ1) is 10.3. The monoisotopic (exact) mass is 206 g/mol. The molecule has 2 rings (SSSR count). The Balaban J connectivity index is 1.97. The summed E-state index contributed by atoms with van der Waals surface area (Å²) in [5.41, 5.74) is 14.4. The highest BCUT2D eigenvalue weighted by atomic mass is 16.5. The number of hydrogen-bond donors (Lipinski definition) is 2. The van der Waals surface area contributed by atoms with E-state index in [4.69, 9.17) is 16.2 Å². The van der Waals surface area contributed by atoms with Gasteiger partial charge in [-0.15, -0.1) is 0 Å². The lowest BCUT2D eigenvalue weighted by atomic mass is 10.0. The third kappa shape index (κ3) is 2.42. The van der Waals surface area contributed by atoms with Gasteiger partial charge in [0.25, 0.3) is 0 Å². The molecule has 15 heavy (non-hydrogen) atoms. The van der Waals surface area contributed by atoms with Crippen molar-refractivity contribution in [3.05, 3.63) is 23.8 Å². The summed E-state index contributed by atoms with van der Waals surface area (Å²) in [6.07, 6.45) is 4.71. The summed E-state index contributed by atoms with van der Waals surface area (Å²) >= 11 is 0. The Morgan fingerprint density at radius 3 is 2.60 bits per heavy atom. The van der Waals surface area contributed by atoms with E-state index in [2.05, 4.69) is 0 Å². The van der Waals surface area contributed by atoms with Gasteiger partial charge in [-0.05, 0) is 43.4 Å². The summed E-state index contributed by atoms with van der Waals surface area (Å²) in [5, 5.41) is 0. The fraction of sp³-hybridized carbons (Fsp3) is 0.500. The number of hydrogen-bond acceptors (Lipinski definition) is 3. The second kappa shape index (κ2) is 4.53. The number of anilines is 2. The minimum Gasteiger partial charge on any atom is -0.398 e. The molecule has 1 fully saturated rings. The molecule has 0 amide bonds. The van der Waals surface area contributed by atoms with Crippen molar-refractivity contribution in [2.24, 2.45) is 0 Å². The van der Waals surface area contributed by atoms with Crippen LogP contribution in [0.5, 0.6) is 0 Å². The summed E-state index contributed by atoms with van der Waals surface area (Å²) in [6, 6.07) is 5.70. The minimum atomic E-state index is 0.406. The average Bonchev–Trinajstić information content (AvgIpc) is 2.70. The molecule has 0 aliphatic carbocycles. The highest BCUT2D eigenvalue weighted by Gasteiger charge is 2.16. The first-order valence-electron chi connectivity index (χ1n) is 5.52. The smallest absolute Gasteiger partial charge is 0.0579 e. The van der Waals surface area contributed by atoms with E-state index in [9.17, 15) is 0 Å². The molecule has 0 spiro atoms. The molecule has 1 aromatic carbocycles. The highest BCUT2D eigenvalue weighted by molar-refractivity contribution is 5.61. The largest absolute Gasteiger partial charge is 0.398 e. The zero-order valence-corrected chi connectivity index (χ0v) is 8.91. The number of benzene rings is 1. The number of ether oxygens (including phenoxy) is 1. The zero-order chi connectivity index (χ0) is 10.7. The van der Waals surface area contributed by atoms with Crippen molar-refractivity contribution < 1.29 is 4.74 Å². The lowest BCUT2D eigenvalue weighted by Gasteiger charge is -2.12. The summed E-state index contributed by atoms with van der Waals surface area (Å²) in [4.78, 5) is 0. The molecule has 0 saturated carbocycles. The molecule has 4 N–H and O–H groups in total. The van der Waals surface area contributed by atoms with Gasteiger partial charge in [0.05, 0.1) is 6.10 Å². The maximum absolute atomic E-state index is 5.89. The van der Waals surface area contributed by atoms with Crippen LogP contribution < -0.4 is 11.5 Å². The van der Waals surface area contributed by atoms with E-state index in [1.807, 2.05) is 18.2 Å². The minimum absolute atomic E-state index is 0.406. The van der Waals surface area contributed by atoms with Crippen LogP contribution >= 0.6 is 0 Å². The standard InChI is InChI=1S/C12H18N2O/c13-11-4-1-5-12(14)10(11)7-6-9-3-2-8-15-9/h1,4-5,9H,2-3,6-8,13-14H2. The second-order valence-electron chi connectivity index (χ2n) is 4.09. The van der Waals surface area contributed by atoms with Crippen LogP contribution in [0.4, 0.5) is 11.4 Å². The van der Waals surface area contributed by atoms with Gasteiger partial charge < -0.3 is 16.2 Å². The van der Waals surface area contributed by atoms with Crippen molar-refractivity contribution in [3.63, 3.8) is 0 Å². The molecule has 82 valence electrons. The van der Waals surface area contributed by atoms with Crippen LogP contribution in [0.1, 0.15) is 24.8 Å². The van der Waals surface area contributed by atoms with Crippen LogP contribution in [0, 0.1) is 0 Å². The molecule has 1 aliphatic rings. The molecule has 0 aromatic heterocycles. The molecule has 1 heterocycles. The molecule has 1 unspecified atom stereocenters. The van der Waals surface area contributed by atoms with E-state index < -0.39 is 0 Å². The van der Waals surface area contributed by atoms with Gasteiger partial charge >= 0.3 is 0 Å². The fourth-order valence-electron chi connectivity index (χ4n) is 2.09. The topological polar surface area (TPSA) is 61.3 Å². The Labute approximate surface area is 90.4 Å². The van der Waals surface area contributed by atoms with E-state index >= 15 is 0 Å². The Kier molecular flexibility index (Phi) is 3.11. The fourth-order valence-corrected chi connectivity index (χ4v) is 2.09. The molecule has 1 atom stereocenters. The van der Waals surface area contributed by atoms with Crippen LogP contribution in [0.3, 0.4) is 0 Å². The second-order valence-corrected chi connectivity index (χ2v) is 4.09. The van der Waals surface area contributed by atoms with Crippen molar-refractivity contribution in [3.8, 4) is 0 Å². The molecule has 1 saturated heterocycles. The van der Waals surface area contributed by atoms with Crippen LogP contribution in [0.2, 0.25) is 0 Å². The third-order valence-corrected chi connectivity index (χ3v) is 2.99. The number of rotatable bonds is 3. The maximum Gasteiger partial charge on any atom is 0.0579 e. The lowest BCUT2D eigenvalue weighted by Crippen LogP contribution is -2.08. The SMILES string of the molecule is Nc1cccc(N)c1CCC1CCCO1. The molecule has 3 heteroatoms. The van der Waals surface area contributed by atoms with E-state index in [0.29, 0.717) is 6.10 Å². The van der Waals surface area contributed by atoms with Gasteiger partial charge in [-0.25, -0.2) is 0 Å². The van der Waals surface area contributed by atoms with Crippen LogP contribution in [0.25, 0.3) is 0 Å². The van der Waals surface area contributed by atoms with Gasteiger partial charge in [0.15, 0.2) is 0 Å².